The second kappa shape index (κ2) is 2.44. The summed E-state index contributed by atoms with van der Waals surface area (Å²) in [5.41, 5.74) is 1.94. The Hall–Kier alpha value is -1.64. The SMILES string of the molecule is Cc1cccc2nc[n+]([O-])cc12. The lowest BCUT2D eigenvalue weighted by Crippen LogP contribution is -2.25. The smallest absolute Gasteiger partial charge is 0.289 e. The van der Waals surface area contributed by atoms with E-state index < -0.39 is 0 Å². The van der Waals surface area contributed by atoms with Gasteiger partial charge in [0.15, 0.2) is 5.52 Å². The first kappa shape index (κ1) is 7.03. The Morgan fingerprint density at radius 2 is 2.25 bits per heavy atom. The minimum atomic E-state index is 0.718. The van der Waals surface area contributed by atoms with Gasteiger partial charge in [0.2, 0.25) is 0 Å². The van der Waals surface area contributed by atoms with Crippen LogP contribution in [0.25, 0.3) is 10.9 Å². The number of nitrogens with zero attached hydrogens (tertiary/aromatic N) is 2. The van der Waals surface area contributed by atoms with E-state index in [0.29, 0.717) is 0 Å². The van der Waals surface area contributed by atoms with Gasteiger partial charge in [0.1, 0.15) is 6.20 Å². The van der Waals surface area contributed by atoms with Gasteiger partial charge in [-0.1, -0.05) is 12.1 Å². The number of hydrogen-bond acceptors (Lipinski definition) is 2. The van der Waals surface area contributed by atoms with Crippen LogP contribution in [0.1, 0.15) is 5.56 Å². The lowest BCUT2D eigenvalue weighted by Gasteiger charge is -2.00. The number of hydrogen-bond donors (Lipinski definition) is 0. The summed E-state index contributed by atoms with van der Waals surface area (Å²) in [6.07, 6.45) is 2.80. The summed E-state index contributed by atoms with van der Waals surface area (Å²) in [6, 6.07) is 5.78. The molecular weight excluding hydrogens is 152 g/mol. The van der Waals surface area contributed by atoms with Crippen molar-refractivity contribution in [2.24, 2.45) is 0 Å². The Kier molecular flexibility index (Phi) is 1.43. The van der Waals surface area contributed by atoms with Crippen LogP contribution in [0.3, 0.4) is 0 Å². The van der Waals surface area contributed by atoms with E-state index in [9.17, 15) is 5.21 Å². The van der Waals surface area contributed by atoms with Crippen molar-refractivity contribution in [2.45, 2.75) is 6.92 Å². The maximum atomic E-state index is 10.9. The summed E-state index contributed by atoms with van der Waals surface area (Å²) in [6.45, 7) is 1.96. The normalized spacial score (nSPS) is 10.4. The van der Waals surface area contributed by atoms with Crippen LogP contribution < -0.4 is 4.73 Å². The first-order chi connectivity index (χ1) is 5.77. The van der Waals surface area contributed by atoms with Gasteiger partial charge in [0.25, 0.3) is 6.33 Å². The molecule has 3 heteroatoms. The fraction of sp³-hybridized carbons (Fsp3) is 0.111. The molecule has 0 N–H and O–H groups in total. The Morgan fingerprint density at radius 1 is 1.42 bits per heavy atom. The maximum Gasteiger partial charge on any atom is 0.289 e. The summed E-state index contributed by atoms with van der Waals surface area (Å²) in [4.78, 5) is 3.99. The van der Waals surface area contributed by atoms with E-state index in [1.54, 1.807) is 0 Å². The first-order valence-corrected chi connectivity index (χ1v) is 3.71. The van der Waals surface area contributed by atoms with Crippen molar-refractivity contribution in [2.75, 3.05) is 0 Å². The molecule has 0 atom stereocenters. The zero-order valence-electron chi connectivity index (χ0n) is 6.69. The van der Waals surface area contributed by atoms with Crippen LogP contribution in [0.2, 0.25) is 0 Å². The van der Waals surface area contributed by atoms with Crippen molar-refractivity contribution in [1.82, 2.24) is 4.98 Å². The molecule has 3 nitrogen and oxygen atoms in total. The third-order valence-electron chi connectivity index (χ3n) is 1.87. The van der Waals surface area contributed by atoms with Crippen molar-refractivity contribution >= 4 is 10.9 Å². The molecule has 0 fully saturated rings. The highest BCUT2D eigenvalue weighted by Gasteiger charge is 2.01. The average molecular weight is 160 g/mol. The van der Waals surface area contributed by atoms with Crippen molar-refractivity contribution in [3.05, 3.63) is 41.5 Å². The maximum absolute atomic E-state index is 10.9. The number of rotatable bonds is 0. The Labute approximate surface area is 69.9 Å². The molecule has 0 radical (unpaired) electrons. The molecule has 12 heavy (non-hydrogen) atoms. The van der Waals surface area contributed by atoms with Crippen molar-refractivity contribution in [3.8, 4) is 0 Å². The van der Waals surface area contributed by atoms with Gasteiger partial charge in [0, 0.05) is 0 Å². The Balaban J connectivity index is 2.88. The lowest BCUT2D eigenvalue weighted by molar-refractivity contribution is -0.607. The molecule has 1 heterocycles. The monoisotopic (exact) mass is 160 g/mol. The average Bonchev–Trinajstić information content (AvgIpc) is 2.07. The zero-order valence-corrected chi connectivity index (χ0v) is 6.69. The Morgan fingerprint density at radius 3 is 3.08 bits per heavy atom. The van der Waals surface area contributed by atoms with E-state index in [0.717, 1.165) is 21.2 Å². The van der Waals surface area contributed by atoms with E-state index in [-0.39, 0.29) is 0 Å². The van der Waals surface area contributed by atoms with Gasteiger partial charge < -0.3 is 5.21 Å². The molecule has 2 rings (SSSR count). The molecule has 0 aliphatic carbocycles. The highest BCUT2D eigenvalue weighted by Crippen LogP contribution is 2.12. The summed E-state index contributed by atoms with van der Waals surface area (Å²) >= 11 is 0. The molecule has 0 aliphatic heterocycles. The summed E-state index contributed by atoms with van der Waals surface area (Å²) < 4.78 is 0.718. The molecule has 60 valence electrons. The number of aromatic nitrogens is 2. The molecule has 0 amide bonds. The van der Waals surface area contributed by atoms with E-state index in [4.69, 9.17) is 0 Å². The predicted molar refractivity (Wildman–Crippen MR) is 45.4 cm³/mol. The van der Waals surface area contributed by atoms with Gasteiger partial charge in [-0.25, -0.2) is 4.73 Å². The summed E-state index contributed by atoms with van der Waals surface area (Å²) in [5, 5.41) is 11.8. The van der Waals surface area contributed by atoms with Crippen LogP contribution in [0.15, 0.2) is 30.7 Å². The molecule has 0 unspecified atom stereocenters. The topological polar surface area (TPSA) is 39.8 Å². The van der Waals surface area contributed by atoms with Crippen LogP contribution >= 0.6 is 0 Å². The molecule has 1 aromatic carbocycles. The highest BCUT2D eigenvalue weighted by atomic mass is 16.5. The quantitative estimate of drug-likeness (QED) is 0.428. The van der Waals surface area contributed by atoms with E-state index in [1.165, 1.54) is 12.5 Å². The lowest BCUT2D eigenvalue weighted by atomic mass is 10.1. The van der Waals surface area contributed by atoms with E-state index >= 15 is 0 Å². The standard InChI is InChI=1S/C9H8N2O/c1-7-3-2-4-9-8(7)5-11(12)6-10-9/h2-6H,1H3. The van der Waals surface area contributed by atoms with Gasteiger partial charge in [-0.15, -0.1) is 0 Å². The van der Waals surface area contributed by atoms with Crippen LogP contribution in [0.5, 0.6) is 0 Å². The highest BCUT2D eigenvalue weighted by molar-refractivity contribution is 5.80. The van der Waals surface area contributed by atoms with Gasteiger partial charge in [-0.2, -0.15) is 0 Å². The molecule has 2 aromatic rings. The van der Waals surface area contributed by atoms with E-state index in [1.807, 2.05) is 25.1 Å². The Bertz CT molecular complexity index is 426. The van der Waals surface area contributed by atoms with Crippen molar-refractivity contribution < 1.29 is 4.73 Å². The molecule has 0 bridgehead atoms. The molecule has 0 saturated heterocycles. The number of fused-ring (bicyclic) bond motifs is 1. The van der Waals surface area contributed by atoms with Crippen LogP contribution in [-0.4, -0.2) is 4.98 Å². The number of aryl methyl sites for hydroxylation is 1. The second-order valence-electron chi connectivity index (χ2n) is 2.74. The predicted octanol–water partition coefficient (Wildman–Crippen LogP) is 1.18. The first-order valence-electron chi connectivity index (χ1n) is 3.71. The van der Waals surface area contributed by atoms with Gasteiger partial charge in [-0.05, 0) is 23.5 Å². The van der Waals surface area contributed by atoms with Crippen LogP contribution in [0.4, 0.5) is 0 Å². The van der Waals surface area contributed by atoms with Gasteiger partial charge in [0.05, 0.1) is 5.39 Å². The van der Waals surface area contributed by atoms with Crippen LogP contribution in [-0.2, 0) is 0 Å². The molecule has 0 aliphatic rings. The minimum Gasteiger partial charge on any atom is -0.711 e. The fourth-order valence-electron chi connectivity index (χ4n) is 1.23. The molecule has 0 saturated carbocycles. The largest absolute Gasteiger partial charge is 0.711 e. The van der Waals surface area contributed by atoms with E-state index in [2.05, 4.69) is 4.98 Å². The van der Waals surface area contributed by atoms with Gasteiger partial charge >= 0.3 is 0 Å². The minimum absolute atomic E-state index is 0.718. The van der Waals surface area contributed by atoms with Gasteiger partial charge in [-0.3, -0.25) is 0 Å². The third kappa shape index (κ3) is 0.993. The summed E-state index contributed by atoms with van der Waals surface area (Å²) in [5.74, 6) is 0. The molecule has 0 spiro atoms. The fourth-order valence-corrected chi connectivity index (χ4v) is 1.23. The molecule has 1 aromatic heterocycles. The van der Waals surface area contributed by atoms with Crippen molar-refractivity contribution in [1.29, 1.82) is 0 Å². The van der Waals surface area contributed by atoms with Crippen molar-refractivity contribution in [3.63, 3.8) is 0 Å². The second-order valence-corrected chi connectivity index (χ2v) is 2.74. The third-order valence-corrected chi connectivity index (χ3v) is 1.87. The molecular formula is C9H8N2O. The summed E-state index contributed by atoms with van der Waals surface area (Å²) in [7, 11) is 0. The zero-order chi connectivity index (χ0) is 8.55. The number of benzene rings is 1. The van der Waals surface area contributed by atoms with Crippen LogP contribution in [0, 0.1) is 12.1 Å².